The van der Waals surface area contributed by atoms with E-state index in [1.54, 1.807) is 0 Å². The molecule has 0 saturated carbocycles. The van der Waals surface area contributed by atoms with Crippen molar-refractivity contribution >= 4 is 23.4 Å². The third-order valence-electron chi connectivity index (χ3n) is 2.95. The Balaban J connectivity index is 2.44. The van der Waals surface area contributed by atoms with E-state index in [4.69, 9.17) is 16.7 Å². The summed E-state index contributed by atoms with van der Waals surface area (Å²) in [5, 5.41) is 12.2. The molecular weight excluding hydrogens is 266 g/mol. The number of carbonyl (C=O) groups is 1. The molecule has 2 N–H and O–H groups in total. The Bertz CT molecular complexity index is 438. The first-order valence-electron chi connectivity index (χ1n) is 6.24. The van der Waals surface area contributed by atoms with Gasteiger partial charge in [-0.3, -0.25) is 0 Å². The van der Waals surface area contributed by atoms with Crippen molar-refractivity contribution in [1.82, 2.24) is 9.88 Å². The topological polar surface area (TPSA) is 65.5 Å². The van der Waals surface area contributed by atoms with E-state index in [0.29, 0.717) is 16.9 Å². The van der Waals surface area contributed by atoms with Crippen molar-refractivity contribution in [2.75, 3.05) is 25.5 Å². The van der Waals surface area contributed by atoms with E-state index in [2.05, 4.69) is 36.1 Å². The van der Waals surface area contributed by atoms with Gasteiger partial charge in [0.25, 0.3) is 0 Å². The summed E-state index contributed by atoms with van der Waals surface area (Å²) in [7, 11) is 2.08. The van der Waals surface area contributed by atoms with Crippen molar-refractivity contribution in [3.8, 4) is 0 Å². The Morgan fingerprint density at radius 3 is 2.79 bits per heavy atom. The lowest BCUT2D eigenvalue weighted by molar-refractivity contribution is 0.0696. The van der Waals surface area contributed by atoms with E-state index < -0.39 is 5.97 Å². The zero-order valence-corrected chi connectivity index (χ0v) is 12.2. The molecule has 1 aromatic rings. The van der Waals surface area contributed by atoms with Gasteiger partial charge in [0, 0.05) is 18.8 Å². The second-order valence-electron chi connectivity index (χ2n) is 4.71. The number of aromatic nitrogens is 1. The molecule has 106 valence electrons. The minimum atomic E-state index is -1.03. The molecule has 0 atom stereocenters. The first-order chi connectivity index (χ1) is 8.91. The van der Waals surface area contributed by atoms with Crippen molar-refractivity contribution < 1.29 is 9.90 Å². The largest absolute Gasteiger partial charge is 0.478 e. The zero-order chi connectivity index (χ0) is 14.4. The van der Waals surface area contributed by atoms with Crippen molar-refractivity contribution in [2.45, 2.75) is 26.3 Å². The van der Waals surface area contributed by atoms with Crippen LogP contribution in [-0.2, 0) is 0 Å². The molecule has 0 aliphatic heterocycles. The van der Waals surface area contributed by atoms with Crippen LogP contribution in [0, 0.1) is 0 Å². The molecule has 1 aromatic heterocycles. The Kier molecular flexibility index (Phi) is 6.05. The molecule has 0 spiro atoms. The van der Waals surface area contributed by atoms with E-state index in [1.165, 1.54) is 12.3 Å². The number of aromatic carboxylic acids is 1. The summed E-state index contributed by atoms with van der Waals surface area (Å²) in [6, 6.07) is 1.93. The normalized spacial score (nSPS) is 11.1. The fourth-order valence-corrected chi connectivity index (χ4v) is 1.71. The van der Waals surface area contributed by atoms with Gasteiger partial charge in [-0.2, -0.15) is 0 Å². The first-order valence-corrected chi connectivity index (χ1v) is 6.62. The van der Waals surface area contributed by atoms with E-state index in [-0.39, 0.29) is 5.56 Å². The molecule has 0 aliphatic carbocycles. The SMILES string of the molecule is CC(C)N(C)CCCNc1ncc(C(=O)O)cc1Cl. The highest BCUT2D eigenvalue weighted by atomic mass is 35.5. The number of hydrogen-bond acceptors (Lipinski definition) is 4. The molecule has 0 aromatic carbocycles. The van der Waals surface area contributed by atoms with Gasteiger partial charge in [-0.05, 0) is 39.9 Å². The minimum Gasteiger partial charge on any atom is -0.478 e. The smallest absolute Gasteiger partial charge is 0.337 e. The molecule has 1 rings (SSSR count). The standard InChI is InChI=1S/C13H20ClN3O2/c1-9(2)17(3)6-4-5-15-12-11(14)7-10(8-16-12)13(18)19/h7-9H,4-6H2,1-3H3,(H,15,16)(H,18,19). The van der Waals surface area contributed by atoms with Crippen molar-refractivity contribution in [2.24, 2.45) is 0 Å². The fraction of sp³-hybridized carbons (Fsp3) is 0.538. The second kappa shape index (κ2) is 7.31. The van der Waals surface area contributed by atoms with E-state index in [0.717, 1.165) is 19.5 Å². The Labute approximate surface area is 118 Å². The lowest BCUT2D eigenvalue weighted by atomic mass is 10.3. The molecule has 6 heteroatoms. The molecule has 0 bridgehead atoms. The third kappa shape index (κ3) is 5.04. The summed E-state index contributed by atoms with van der Waals surface area (Å²) in [6.45, 7) is 6.03. The molecular formula is C13H20ClN3O2. The molecule has 0 unspecified atom stereocenters. The van der Waals surface area contributed by atoms with E-state index in [9.17, 15) is 4.79 Å². The Morgan fingerprint density at radius 2 is 2.26 bits per heavy atom. The van der Waals surface area contributed by atoms with Crippen molar-refractivity contribution in [3.05, 3.63) is 22.8 Å². The molecule has 0 saturated heterocycles. The van der Waals surface area contributed by atoms with E-state index >= 15 is 0 Å². The Hall–Kier alpha value is -1.33. The average Bonchev–Trinajstić information content (AvgIpc) is 2.35. The molecule has 0 radical (unpaired) electrons. The minimum absolute atomic E-state index is 0.0927. The van der Waals surface area contributed by atoms with Crippen LogP contribution in [0.15, 0.2) is 12.3 Å². The number of halogens is 1. The predicted molar refractivity (Wildman–Crippen MR) is 77.1 cm³/mol. The number of hydrogen-bond donors (Lipinski definition) is 2. The summed E-state index contributed by atoms with van der Waals surface area (Å²) < 4.78 is 0. The van der Waals surface area contributed by atoms with E-state index in [1.807, 2.05) is 0 Å². The van der Waals surface area contributed by atoms with Crippen LogP contribution < -0.4 is 5.32 Å². The number of pyridine rings is 1. The molecule has 5 nitrogen and oxygen atoms in total. The van der Waals surface area contributed by atoms with Crippen LogP contribution >= 0.6 is 11.6 Å². The van der Waals surface area contributed by atoms with Gasteiger partial charge in [-0.1, -0.05) is 11.6 Å². The number of nitrogens with one attached hydrogen (secondary N) is 1. The van der Waals surface area contributed by atoms with Gasteiger partial charge in [0.05, 0.1) is 10.6 Å². The number of nitrogens with zero attached hydrogens (tertiary/aromatic N) is 2. The molecule has 0 fully saturated rings. The van der Waals surface area contributed by atoms with Crippen LogP contribution in [0.2, 0.25) is 5.02 Å². The van der Waals surface area contributed by atoms with Gasteiger partial charge in [-0.25, -0.2) is 9.78 Å². The maximum Gasteiger partial charge on any atom is 0.337 e. The lowest BCUT2D eigenvalue weighted by Crippen LogP contribution is -2.28. The summed E-state index contributed by atoms with van der Waals surface area (Å²) >= 11 is 5.97. The first kappa shape index (κ1) is 15.7. The highest BCUT2D eigenvalue weighted by molar-refractivity contribution is 6.33. The molecule has 0 aliphatic rings. The van der Waals surface area contributed by atoms with Crippen molar-refractivity contribution in [3.63, 3.8) is 0 Å². The van der Waals surface area contributed by atoms with Crippen LogP contribution in [0.5, 0.6) is 0 Å². The molecule has 1 heterocycles. The van der Waals surface area contributed by atoms with Crippen LogP contribution in [0.3, 0.4) is 0 Å². The fourth-order valence-electron chi connectivity index (χ4n) is 1.48. The third-order valence-corrected chi connectivity index (χ3v) is 3.24. The highest BCUT2D eigenvalue weighted by Crippen LogP contribution is 2.19. The van der Waals surface area contributed by atoms with Gasteiger partial charge in [0.15, 0.2) is 0 Å². The van der Waals surface area contributed by atoms with Gasteiger partial charge >= 0.3 is 5.97 Å². The zero-order valence-electron chi connectivity index (χ0n) is 11.5. The van der Waals surface area contributed by atoms with Gasteiger partial charge in [0.2, 0.25) is 0 Å². The quantitative estimate of drug-likeness (QED) is 0.754. The van der Waals surface area contributed by atoms with Crippen LogP contribution in [-0.4, -0.2) is 47.1 Å². The van der Waals surface area contributed by atoms with Gasteiger partial charge in [0.1, 0.15) is 5.82 Å². The van der Waals surface area contributed by atoms with Gasteiger partial charge in [-0.15, -0.1) is 0 Å². The molecule has 0 amide bonds. The van der Waals surface area contributed by atoms with Crippen LogP contribution in [0.1, 0.15) is 30.6 Å². The predicted octanol–water partition coefficient (Wildman–Crippen LogP) is 2.58. The lowest BCUT2D eigenvalue weighted by Gasteiger charge is -2.20. The maximum absolute atomic E-state index is 10.7. The number of carboxylic acid groups (broad SMARTS) is 1. The van der Waals surface area contributed by atoms with Crippen molar-refractivity contribution in [1.29, 1.82) is 0 Å². The summed E-state index contributed by atoms with van der Waals surface area (Å²) in [5.74, 6) is -0.502. The number of rotatable bonds is 7. The molecule has 19 heavy (non-hydrogen) atoms. The highest BCUT2D eigenvalue weighted by Gasteiger charge is 2.08. The summed E-state index contributed by atoms with van der Waals surface area (Å²) in [4.78, 5) is 17.0. The van der Waals surface area contributed by atoms with Gasteiger partial charge < -0.3 is 15.3 Å². The number of carboxylic acids is 1. The summed E-state index contributed by atoms with van der Waals surface area (Å²) in [6.07, 6.45) is 2.27. The van der Waals surface area contributed by atoms with Crippen LogP contribution in [0.4, 0.5) is 5.82 Å². The second-order valence-corrected chi connectivity index (χ2v) is 5.12. The summed E-state index contributed by atoms with van der Waals surface area (Å²) in [5.41, 5.74) is 0.0927. The Morgan fingerprint density at radius 1 is 1.58 bits per heavy atom. The maximum atomic E-state index is 10.7. The monoisotopic (exact) mass is 285 g/mol. The average molecular weight is 286 g/mol. The number of anilines is 1. The van der Waals surface area contributed by atoms with Crippen LogP contribution in [0.25, 0.3) is 0 Å².